The van der Waals surface area contributed by atoms with E-state index in [0.717, 1.165) is 18.8 Å². The van der Waals surface area contributed by atoms with Gasteiger partial charge in [0.15, 0.2) is 0 Å². The summed E-state index contributed by atoms with van der Waals surface area (Å²) in [6, 6.07) is 8.20. The lowest BCUT2D eigenvalue weighted by Crippen LogP contribution is -2.52. The van der Waals surface area contributed by atoms with Crippen LogP contribution in [0, 0.1) is 5.41 Å². The summed E-state index contributed by atoms with van der Waals surface area (Å²) in [6.07, 6.45) is 0. The first-order valence-corrected chi connectivity index (χ1v) is 6.76. The summed E-state index contributed by atoms with van der Waals surface area (Å²) in [5.41, 5.74) is 7.37. The molecule has 0 spiro atoms. The van der Waals surface area contributed by atoms with E-state index in [1.165, 1.54) is 5.56 Å². The van der Waals surface area contributed by atoms with Crippen molar-refractivity contribution in [3.8, 4) is 5.75 Å². The summed E-state index contributed by atoms with van der Waals surface area (Å²) in [5.74, 6) is 0.907. The standard InChI is InChI=1S/C16H28N2O/c1-15(2,16(3,4)17)12-18(5)11-13-8-7-9-14(10-13)19-6/h7-10H,11-12,17H2,1-6H3. The van der Waals surface area contributed by atoms with Crippen molar-refractivity contribution in [1.29, 1.82) is 0 Å². The van der Waals surface area contributed by atoms with E-state index in [1.54, 1.807) is 7.11 Å². The molecule has 19 heavy (non-hydrogen) atoms. The van der Waals surface area contributed by atoms with E-state index in [4.69, 9.17) is 10.5 Å². The molecule has 0 bridgehead atoms. The molecule has 0 aliphatic heterocycles. The third-order valence-electron chi connectivity index (χ3n) is 4.00. The zero-order chi connectivity index (χ0) is 14.7. The van der Waals surface area contributed by atoms with E-state index in [1.807, 2.05) is 12.1 Å². The zero-order valence-corrected chi connectivity index (χ0v) is 13.2. The smallest absolute Gasteiger partial charge is 0.119 e. The quantitative estimate of drug-likeness (QED) is 0.858. The van der Waals surface area contributed by atoms with Crippen LogP contribution in [0.3, 0.4) is 0 Å². The molecule has 3 heteroatoms. The minimum atomic E-state index is -0.199. The number of ether oxygens (including phenoxy) is 1. The van der Waals surface area contributed by atoms with Crippen molar-refractivity contribution >= 4 is 0 Å². The Balaban J connectivity index is 2.67. The third kappa shape index (κ3) is 4.51. The van der Waals surface area contributed by atoms with Gasteiger partial charge in [-0.15, -0.1) is 0 Å². The first kappa shape index (κ1) is 16.0. The van der Waals surface area contributed by atoms with Crippen LogP contribution < -0.4 is 10.5 Å². The Kier molecular flexibility index (Phi) is 4.99. The van der Waals surface area contributed by atoms with E-state index in [2.05, 4.69) is 51.8 Å². The Morgan fingerprint density at radius 2 is 1.84 bits per heavy atom. The van der Waals surface area contributed by atoms with Crippen molar-refractivity contribution in [1.82, 2.24) is 4.90 Å². The van der Waals surface area contributed by atoms with E-state index < -0.39 is 0 Å². The summed E-state index contributed by atoms with van der Waals surface area (Å²) in [6.45, 7) is 10.5. The Morgan fingerprint density at radius 1 is 1.21 bits per heavy atom. The van der Waals surface area contributed by atoms with Gasteiger partial charge in [0.1, 0.15) is 5.75 Å². The topological polar surface area (TPSA) is 38.5 Å². The summed E-state index contributed by atoms with van der Waals surface area (Å²) < 4.78 is 5.25. The van der Waals surface area contributed by atoms with Crippen LogP contribution in [0.25, 0.3) is 0 Å². The Morgan fingerprint density at radius 3 is 2.37 bits per heavy atom. The van der Waals surface area contributed by atoms with Crippen molar-refractivity contribution in [2.24, 2.45) is 11.1 Å². The molecule has 0 unspecified atom stereocenters. The van der Waals surface area contributed by atoms with Gasteiger partial charge in [0.2, 0.25) is 0 Å². The monoisotopic (exact) mass is 264 g/mol. The summed E-state index contributed by atoms with van der Waals surface area (Å²) in [7, 11) is 3.83. The van der Waals surface area contributed by atoms with Crippen LogP contribution in [-0.4, -0.2) is 31.1 Å². The van der Waals surface area contributed by atoms with Gasteiger partial charge < -0.3 is 15.4 Å². The molecule has 2 N–H and O–H groups in total. The number of hydrogen-bond acceptors (Lipinski definition) is 3. The highest BCUT2D eigenvalue weighted by atomic mass is 16.5. The average Bonchev–Trinajstić information content (AvgIpc) is 2.26. The fourth-order valence-electron chi connectivity index (χ4n) is 2.02. The number of rotatable bonds is 6. The maximum absolute atomic E-state index is 6.25. The minimum Gasteiger partial charge on any atom is -0.497 e. The second-order valence-electron chi connectivity index (χ2n) is 6.63. The maximum atomic E-state index is 6.25. The lowest BCUT2D eigenvalue weighted by molar-refractivity contribution is 0.126. The molecule has 1 aromatic rings. The number of methoxy groups -OCH3 is 1. The predicted octanol–water partition coefficient (Wildman–Crippen LogP) is 2.89. The second-order valence-corrected chi connectivity index (χ2v) is 6.63. The van der Waals surface area contributed by atoms with Crippen molar-refractivity contribution in [2.45, 2.75) is 39.8 Å². The molecule has 1 aromatic carbocycles. The van der Waals surface area contributed by atoms with Gasteiger partial charge in [-0.05, 0) is 44.0 Å². The highest BCUT2D eigenvalue weighted by Crippen LogP contribution is 2.29. The van der Waals surface area contributed by atoms with Gasteiger partial charge >= 0.3 is 0 Å². The normalized spacial score (nSPS) is 12.8. The fourth-order valence-corrected chi connectivity index (χ4v) is 2.02. The number of nitrogens with two attached hydrogens (primary N) is 1. The van der Waals surface area contributed by atoms with Crippen LogP contribution in [0.1, 0.15) is 33.3 Å². The van der Waals surface area contributed by atoms with Gasteiger partial charge in [0.05, 0.1) is 7.11 Å². The fraction of sp³-hybridized carbons (Fsp3) is 0.625. The van der Waals surface area contributed by atoms with E-state index in [0.29, 0.717) is 0 Å². The van der Waals surface area contributed by atoms with Crippen LogP contribution in [0.15, 0.2) is 24.3 Å². The molecular weight excluding hydrogens is 236 g/mol. The van der Waals surface area contributed by atoms with Crippen LogP contribution in [0.5, 0.6) is 5.75 Å². The molecule has 0 radical (unpaired) electrons. The molecule has 0 amide bonds. The molecule has 0 atom stereocenters. The van der Waals surface area contributed by atoms with Crippen molar-refractivity contribution in [3.63, 3.8) is 0 Å². The molecule has 1 rings (SSSR count). The molecular formula is C16H28N2O. The Bertz CT molecular complexity index is 407. The maximum Gasteiger partial charge on any atom is 0.119 e. The first-order chi connectivity index (χ1) is 8.65. The van der Waals surface area contributed by atoms with Crippen LogP contribution in [0.4, 0.5) is 0 Å². The summed E-state index contributed by atoms with van der Waals surface area (Å²) in [4.78, 5) is 2.31. The second kappa shape index (κ2) is 5.93. The van der Waals surface area contributed by atoms with Gasteiger partial charge in [-0.25, -0.2) is 0 Å². The SMILES string of the molecule is COc1cccc(CN(C)CC(C)(C)C(C)(C)N)c1. The molecule has 0 saturated carbocycles. The molecule has 3 nitrogen and oxygen atoms in total. The highest BCUT2D eigenvalue weighted by Gasteiger charge is 2.34. The van der Waals surface area contributed by atoms with Crippen LogP contribution >= 0.6 is 0 Å². The largest absolute Gasteiger partial charge is 0.497 e. The van der Waals surface area contributed by atoms with Gasteiger partial charge in [-0.3, -0.25) is 0 Å². The predicted molar refractivity (Wildman–Crippen MR) is 81.4 cm³/mol. The molecule has 0 aliphatic rings. The van der Waals surface area contributed by atoms with Crippen molar-refractivity contribution in [2.75, 3.05) is 20.7 Å². The van der Waals surface area contributed by atoms with Gasteiger partial charge in [0.25, 0.3) is 0 Å². The number of nitrogens with zero attached hydrogens (tertiary/aromatic N) is 1. The first-order valence-electron chi connectivity index (χ1n) is 6.76. The van der Waals surface area contributed by atoms with E-state index in [9.17, 15) is 0 Å². The van der Waals surface area contributed by atoms with Crippen LogP contribution in [-0.2, 0) is 6.54 Å². The molecule has 108 valence electrons. The molecule has 0 heterocycles. The Hall–Kier alpha value is -1.06. The van der Waals surface area contributed by atoms with Gasteiger partial charge in [-0.2, -0.15) is 0 Å². The zero-order valence-electron chi connectivity index (χ0n) is 13.2. The molecule has 0 aliphatic carbocycles. The number of benzene rings is 1. The van der Waals surface area contributed by atoms with Crippen LogP contribution in [0.2, 0.25) is 0 Å². The minimum absolute atomic E-state index is 0.0562. The lowest BCUT2D eigenvalue weighted by Gasteiger charge is -2.41. The third-order valence-corrected chi connectivity index (χ3v) is 4.00. The average molecular weight is 264 g/mol. The van der Waals surface area contributed by atoms with E-state index >= 15 is 0 Å². The molecule has 0 saturated heterocycles. The summed E-state index contributed by atoms with van der Waals surface area (Å²) >= 11 is 0. The van der Waals surface area contributed by atoms with E-state index in [-0.39, 0.29) is 11.0 Å². The molecule has 0 fully saturated rings. The number of hydrogen-bond donors (Lipinski definition) is 1. The molecule has 0 aromatic heterocycles. The van der Waals surface area contributed by atoms with Gasteiger partial charge in [0, 0.05) is 18.6 Å². The lowest BCUT2D eigenvalue weighted by atomic mass is 9.75. The van der Waals surface area contributed by atoms with Crippen molar-refractivity contribution < 1.29 is 4.74 Å². The van der Waals surface area contributed by atoms with Crippen molar-refractivity contribution in [3.05, 3.63) is 29.8 Å². The van der Waals surface area contributed by atoms with Gasteiger partial charge in [-0.1, -0.05) is 26.0 Å². The Labute approximate surface area is 117 Å². The highest BCUT2D eigenvalue weighted by molar-refractivity contribution is 5.28. The summed E-state index contributed by atoms with van der Waals surface area (Å²) in [5, 5.41) is 0.